The van der Waals surface area contributed by atoms with Crippen LogP contribution in [0.5, 0.6) is 0 Å². The second-order valence-electron chi connectivity index (χ2n) is 3.18. The van der Waals surface area contributed by atoms with Crippen LogP contribution in [0.15, 0.2) is 0 Å². The van der Waals surface area contributed by atoms with Crippen LogP contribution in [-0.4, -0.2) is 42.6 Å². The van der Waals surface area contributed by atoms with E-state index in [1.807, 2.05) is 11.8 Å². The van der Waals surface area contributed by atoms with Crippen molar-refractivity contribution in [1.29, 1.82) is 0 Å². The summed E-state index contributed by atoms with van der Waals surface area (Å²) in [7, 11) is -2.91. The molecule has 0 N–H and O–H groups in total. The summed E-state index contributed by atoms with van der Waals surface area (Å²) in [5.74, 6) is 0.998. The molecular weight excluding hydrogens is 182 g/mol. The van der Waals surface area contributed by atoms with E-state index < -0.39 is 10.0 Å². The molecule has 2 atom stereocenters. The molecule has 5 heteroatoms. The molecule has 2 bridgehead atoms. The Kier molecular flexibility index (Phi) is 1.70. The highest BCUT2D eigenvalue weighted by Crippen LogP contribution is 2.38. The van der Waals surface area contributed by atoms with Gasteiger partial charge in [-0.05, 0) is 6.42 Å². The van der Waals surface area contributed by atoms with Crippen molar-refractivity contribution in [3.63, 3.8) is 0 Å². The first kappa shape index (κ1) is 7.89. The number of sulfonamides is 1. The van der Waals surface area contributed by atoms with Gasteiger partial charge in [0.15, 0.2) is 0 Å². The lowest BCUT2D eigenvalue weighted by Gasteiger charge is -2.23. The molecule has 0 radical (unpaired) electrons. The summed E-state index contributed by atoms with van der Waals surface area (Å²) < 4.78 is 23.9. The number of nitrogens with zero attached hydrogens (tertiary/aromatic N) is 1. The average molecular weight is 193 g/mol. The molecule has 2 heterocycles. The lowest BCUT2D eigenvalue weighted by Crippen LogP contribution is -2.38. The fourth-order valence-electron chi connectivity index (χ4n) is 1.77. The number of rotatable bonds is 1. The Morgan fingerprint density at radius 1 is 1.55 bits per heavy atom. The van der Waals surface area contributed by atoms with Crippen molar-refractivity contribution in [3.8, 4) is 0 Å². The lowest BCUT2D eigenvalue weighted by atomic mass is 10.3. The summed E-state index contributed by atoms with van der Waals surface area (Å²) in [5.41, 5.74) is 0. The summed E-state index contributed by atoms with van der Waals surface area (Å²) in [6.45, 7) is 0.744. The van der Waals surface area contributed by atoms with E-state index in [4.69, 9.17) is 0 Å². The molecule has 0 aromatic rings. The van der Waals surface area contributed by atoms with Crippen LogP contribution in [0.2, 0.25) is 0 Å². The maximum atomic E-state index is 11.1. The van der Waals surface area contributed by atoms with Gasteiger partial charge < -0.3 is 0 Å². The van der Waals surface area contributed by atoms with Gasteiger partial charge in [0.2, 0.25) is 10.0 Å². The van der Waals surface area contributed by atoms with Gasteiger partial charge in [0.1, 0.15) is 0 Å². The van der Waals surface area contributed by atoms with Crippen molar-refractivity contribution in [3.05, 3.63) is 0 Å². The van der Waals surface area contributed by atoms with Crippen LogP contribution in [0.25, 0.3) is 0 Å². The molecule has 0 saturated carbocycles. The number of thioether (sulfide) groups is 1. The van der Waals surface area contributed by atoms with Gasteiger partial charge in [-0.25, -0.2) is 8.42 Å². The zero-order chi connectivity index (χ0) is 8.06. The second-order valence-corrected chi connectivity index (χ2v) is 6.45. The van der Waals surface area contributed by atoms with Crippen molar-refractivity contribution < 1.29 is 8.42 Å². The zero-order valence-corrected chi connectivity index (χ0v) is 7.99. The number of hydrogen-bond acceptors (Lipinski definition) is 3. The van der Waals surface area contributed by atoms with Crippen LogP contribution in [0, 0.1) is 0 Å². The highest BCUT2D eigenvalue weighted by molar-refractivity contribution is 8.00. The molecule has 0 spiro atoms. The van der Waals surface area contributed by atoms with Crippen molar-refractivity contribution in [2.24, 2.45) is 0 Å². The fourth-order valence-corrected chi connectivity index (χ4v) is 4.55. The molecule has 0 aromatic carbocycles. The molecule has 2 aliphatic rings. The molecule has 11 heavy (non-hydrogen) atoms. The van der Waals surface area contributed by atoms with Crippen molar-refractivity contribution >= 4 is 21.8 Å². The van der Waals surface area contributed by atoms with Crippen molar-refractivity contribution in [2.75, 3.05) is 18.6 Å². The minimum Gasteiger partial charge on any atom is -0.212 e. The third-order valence-corrected chi connectivity index (χ3v) is 4.97. The van der Waals surface area contributed by atoms with E-state index >= 15 is 0 Å². The first-order valence-corrected chi connectivity index (χ1v) is 6.55. The normalized spacial score (nSPS) is 38.3. The van der Waals surface area contributed by atoms with Crippen LogP contribution in [0.1, 0.15) is 6.42 Å². The predicted molar refractivity (Wildman–Crippen MR) is 46.2 cm³/mol. The molecule has 3 nitrogen and oxygen atoms in total. The van der Waals surface area contributed by atoms with Crippen LogP contribution >= 0.6 is 11.8 Å². The molecule has 2 fully saturated rings. The van der Waals surface area contributed by atoms with Crippen LogP contribution < -0.4 is 0 Å². The van der Waals surface area contributed by atoms with E-state index in [9.17, 15) is 8.42 Å². The van der Waals surface area contributed by atoms with E-state index in [-0.39, 0.29) is 0 Å². The third-order valence-electron chi connectivity index (χ3n) is 2.28. The molecule has 0 amide bonds. The Morgan fingerprint density at radius 2 is 2.27 bits per heavy atom. The molecular formula is C6H11NO2S2. The van der Waals surface area contributed by atoms with Gasteiger partial charge in [-0.3, -0.25) is 0 Å². The Bertz CT molecular complexity index is 262. The van der Waals surface area contributed by atoms with Crippen LogP contribution in [-0.2, 0) is 10.0 Å². The Morgan fingerprint density at radius 3 is 2.55 bits per heavy atom. The summed E-state index contributed by atoms with van der Waals surface area (Å²) in [6, 6.07) is 0.306. The van der Waals surface area contributed by atoms with Crippen LogP contribution in [0.3, 0.4) is 0 Å². The largest absolute Gasteiger partial charge is 0.212 e. The highest BCUT2D eigenvalue weighted by Gasteiger charge is 2.42. The molecule has 2 unspecified atom stereocenters. The minimum atomic E-state index is -2.91. The van der Waals surface area contributed by atoms with Gasteiger partial charge in [-0.2, -0.15) is 16.1 Å². The van der Waals surface area contributed by atoms with Crippen molar-refractivity contribution in [1.82, 2.24) is 4.31 Å². The van der Waals surface area contributed by atoms with Gasteiger partial charge in [0.25, 0.3) is 0 Å². The first-order chi connectivity index (χ1) is 5.07. The zero-order valence-electron chi connectivity index (χ0n) is 6.36. The topological polar surface area (TPSA) is 37.4 Å². The number of hydrogen-bond donors (Lipinski definition) is 0. The van der Waals surface area contributed by atoms with Gasteiger partial charge in [-0.15, -0.1) is 0 Å². The minimum absolute atomic E-state index is 0.306. The lowest BCUT2D eigenvalue weighted by molar-refractivity contribution is 0.414. The maximum absolute atomic E-state index is 11.1. The molecule has 0 aromatic heterocycles. The summed E-state index contributed by atoms with van der Waals surface area (Å²) in [4.78, 5) is 0. The van der Waals surface area contributed by atoms with E-state index in [1.54, 1.807) is 4.31 Å². The molecule has 64 valence electrons. The first-order valence-electron chi connectivity index (χ1n) is 3.66. The summed E-state index contributed by atoms with van der Waals surface area (Å²) >= 11 is 1.91. The monoisotopic (exact) mass is 193 g/mol. The SMILES string of the molecule is CS(=O)(=O)N1CC2CC1CS2. The predicted octanol–water partition coefficient (Wildman–Crippen LogP) is 0.136. The van der Waals surface area contributed by atoms with Gasteiger partial charge in [0, 0.05) is 23.6 Å². The fraction of sp³-hybridized carbons (Fsp3) is 1.00. The number of fused-ring (bicyclic) bond motifs is 2. The average Bonchev–Trinajstić information content (AvgIpc) is 2.42. The van der Waals surface area contributed by atoms with E-state index in [1.165, 1.54) is 6.26 Å². The van der Waals surface area contributed by atoms with Gasteiger partial charge in [-0.1, -0.05) is 0 Å². The van der Waals surface area contributed by atoms with E-state index in [2.05, 4.69) is 0 Å². The Balaban J connectivity index is 2.21. The second kappa shape index (κ2) is 2.37. The summed E-state index contributed by atoms with van der Waals surface area (Å²) in [6.07, 6.45) is 2.37. The summed E-state index contributed by atoms with van der Waals surface area (Å²) in [5, 5.41) is 0.578. The van der Waals surface area contributed by atoms with Gasteiger partial charge >= 0.3 is 0 Å². The van der Waals surface area contributed by atoms with Crippen molar-refractivity contribution in [2.45, 2.75) is 17.7 Å². The quantitative estimate of drug-likeness (QED) is 0.594. The molecule has 2 saturated heterocycles. The van der Waals surface area contributed by atoms with Crippen LogP contribution in [0.4, 0.5) is 0 Å². The third kappa shape index (κ3) is 1.29. The smallest absolute Gasteiger partial charge is 0.211 e. The highest BCUT2D eigenvalue weighted by atomic mass is 32.2. The molecule has 2 aliphatic heterocycles. The molecule has 2 rings (SSSR count). The van der Waals surface area contributed by atoms with E-state index in [0.717, 1.165) is 18.7 Å². The standard InChI is InChI=1S/C6H11NO2S2/c1-11(8,9)7-3-6-2-5(7)4-10-6/h5-6H,2-4H2,1H3. The molecule has 0 aliphatic carbocycles. The Labute approximate surface area is 71.2 Å². The maximum Gasteiger partial charge on any atom is 0.211 e. The Hall–Kier alpha value is 0.260. The van der Waals surface area contributed by atoms with Gasteiger partial charge in [0.05, 0.1) is 6.26 Å². The van der Waals surface area contributed by atoms with E-state index in [0.29, 0.717) is 11.3 Å².